The number of aromatic amines is 1. The molecule has 11 heteroatoms. The molecule has 1 N–H and O–H groups in total. The van der Waals surface area contributed by atoms with Crippen molar-refractivity contribution in [3.63, 3.8) is 0 Å². The Labute approximate surface area is 124 Å². The molecule has 0 fully saturated rings. The van der Waals surface area contributed by atoms with Gasteiger partial charge in [0.25, 0.3) is 5.69 Å². The van der Waals surface area contributed by atoms with Crippen LogP contribution in [0.2, 0.25) is 5.02 Å². The third-order valence-corrected chi connectivity index (χ3v) is 4.78. The zero-order valence-electron chi connectivity index (χ0n) is 10.7. The van der Waals surface area contributed by atoms with Crippen molar-refractivity contribution in [1.29, 1.82) is 0 Å². The van der Waals surface area contributed by atoms with Crippen molar-refractivity contribution < 1.29 is 13.3 Å². The van der Waals surface area contributed by atoms with E-state index in [9.17, 15) is 18.5 Å². The number of rotatable bonds is 5. The first-order valence-corrected chi connectivity index (χ1v) is 7.38. The van der Waals surface area contributed by atoms with Crippen LogP contribution in [-0.2, 0) is 16.6 Å². The van der Waals surface area contributed by atoms with E-state index in [1.165, 1.54) is 25.5 Å². The average Bonchev–Trinajstić information content (AvgIpc) is 2.91. The number of hydrogen-bond acceptors (Lipinski definition) is 6. The minimum atomic E-state index is -3.91. The Hall–Kier alpha value is -2.04. The van der Waals surface area contributed by atoms with Crippen LogP contribution in [0, 0.1) is 10.1 Å². The second-order valence-electron chi connectivity index (χ2n) is 4.06. The van der Waals surface area contributed by atoms with E-state index < -0.39 is 20.6 Å². The Kier molecular flexibility index (Phi) is 4.21. The molecule has 0 amide bonds. The maximum Gasteiger partial charge on any atom is 0.289 e. The Morgan fingerprint density at radius 2 is 2.19 bits per heavy atom. The summed E-state index contributed by atoms with van der Waals surface area (Å²) in [6.45, 7) is -0.0429. The van der Waals surface area contributed by atoms with Gasteiger partial charge in [0.15, 0.2) is 0 Å². The summed E-state index contributed by atoms with van der Waals surface area (Å²) in [6, 6.07) is 3.31. The molecule has 0 aliphatic heterocycles. The molecule has 21 heavy (non-hydrogen) atoms. The van der Waals surface area contributed by atoms with Crippen LogP contribution in [0.25, 0.3) is 0 Å². The fourth-order valence-corrected chi connectivity index (χ4v) is 2.91. The molecule has 0 bridgehead atoms. The topological polar surface area (TPSA) is 122 Å². The molecule has 1 aromatic heterocycles. The normalized spacial score (nSPS) is 11.8. The predicted octanol–water partition coefficient (Wildman–Crippen LogP) is 1.19. The van der Waals surface area contributed by atoms with Crippen LogP contribution in [-0.4, -0.2) is 39.9 Å². The van der Waals surface area contributed by atoms with E-state index in [2.05, 4.69) is 15.2 Å². The van der Waals surface area contributed by atoms with Gasteiger partial charge in [0, 0.05) is 13.1 Å². The SMILES string of the molecule is CN(Cc1ncn[nH]1)S(=O)(=O)c1ccc(Cl)c([N+](=O)[O-])c1. The summed E-state index contributed by atoms with van der Waals surface area (Å²) in [5.41, 5.74) is -0.467. The van der Waals surface area contributed by atoms with Crippen molar-refractivity contribution in [1.82, 2.24) is 19.5 Å². The number of H-pyrrole nitrogens is 1. The summed E-state index contributed by atoms with van der Waals surface area (Å²) >= 11 is 5.66. The van der Waals surface area contributed by atoms with E-state index in [0.29, 0.717) is 5.82 Å². The van der Waals surface area contributed by atoms with Gasteiger partial charge in [-0.2, -0.15) is 9.40 Å². The first-order chi connectivity index (χ1) is 9.82. The molecular weight excluding hydrogens is 322 g/mol. The van der Waals surface area contributed by atoms with E-state index in [4.69, 9.17) is 11.6 Å². The minimum Gasteiger partial charge on any atom is -0.262 e. The summed E-state index contributed by atoms with van der Waals surface area (Å²) < 4.78 is 25.7. The molecule has 0 spiro atoms. The van der Waals surface area contributed by atoms with Gasteiger partial charge in [-0.15, -0.1) is 0 Å². The van der Waals surface area contributed by atoms with Crippen LogP contribution in [0.1, 0.15) is 5.82 Å². The Balaban J connectivity index is 2.35. The van der Waals surface area contributed by atoms with Crippen LogP contribution < -0.4 is 0 Å². The van der Waals surface area contributed by atoms with E-state index in [1.807, 2.05) is 0 Å². The van der Waals surface area contributed by atoms with Crippen molar-refractivity contribution in [2.45, 2.75) is 11.4 Å². The molecule has 0 radical (unpaired) electrons. The molecule has 0 unspecified atom stereocenters. The van der Waals surface area contributed by atoms with Gasteiger partial charge in [-0.05, 0) is 12.1 Å². The number of nitro benzene ring substituents is 1. The highest BCUT2D eigenvalue weighted by Gasteiger charge is 2.25. The highest BCUT2D eigenvalue weighted by atomic mass is 35.5. The zero-order chi connectivity index (χ0) is 15.6. The lowest BCUT2D eigenvalue weighted by molar-refractivity contribution is -0.384. The molecule has 1 aromatic carbocycles. The van der Waals surface area contributed by atoms with E-state index in [-0.39, 0.29) is 16.5 Å². The third kappa shape index (κ3) is 3.17. The van der Waals surface area contributed by atoms with Gasteiger partial charge in [-0.25, -0.2) is 13.4 Å². The van der Waals surface area contributed by atoms with Crippen molar-refractivity contribution in [3.8, 4) is 0 Å². The second kappa shape index (κ2) is 5.76. The Bertz CT molecular complexity index is 762. The fraction of sp³-hybridized carbons (Fsp3) is 0.200. The van der Waals surface area contributed by atoms with Crippen molar-refractivity contribution in [3.05, 3.63) is 45.5 Å². The second-order valence-corrected chi connectivity index (χ2v) is 6.52. The van der Waals surface area contributed by atoms with E-state index in [1.54, 1.807) is 0 Å². The minimum absolute atomic E-state index is 0.0429. The molecule has 112 valence electrons. The number of nitrogens with one attached hydrogen (secondary N) is 1. The number of halogens is 1. The number of hydrogen-bond donors (Lipinski definition) is 1. The molecular formula is C10H10ClN5O4S. The summed E-state index contributed by atoms with van der Waals surface area (Å²) in [4.78, 5) is 13.7. The average molecular weight is 332 g/mol. The van der Waals surface area contributed by atoms with E-state index >= 15 is 0 Å². The van der Waals surface area contributed by atoms with Crippen molar-refractivity contribution in [2.24, 2.45) is 0 Å². The van der Waals surface area contributed by atoms with E-state index in [0.717, 1.165) is 10.4 Å². The third-order valence-electron chi connectivity index (χ3n) is 2.66. The van der Waals surface area contributed by atoms with Gasteiger partial charge >= 0.3 is 0 Å². The molecule has 9 nitrogen and oxygen atoms in total. The number of sulfonamides is 1. The fourth-order valence-electron chi connectivity index (χ4n) is 1.58. The molecule has 0 saturated heterocycles. The molecule has 1 heterocycles. The molecule has 2 rings (SSSR count). The standard InChI is InChI=1S/C10H10ClN5O4S/c1-15(5-10-12-6-13-14-10)21(19,20)7-2-3-8(11)9(4-7)16(17)18/h2-4,6H,5H2,1H3,(H,12,13,14). The van der Waals surface area contributed by atoms with Gasteiger partial charge in [0.05, 0.1) is 16.4 Å². The lowest BCUT2D eigenvalue weighted by Gasteiger charge is -2.15. The maximum atomic E-state index is 12.3. The smallest absolute Gasteiger partial charge is 0.262 e. The van der Waals surface area contributed by atoms with Crippen molar-refractivity contribution in [2.75, 3.05) is 7.05 Å². The molecule has 0 atom stereocenters. The zero-order valence-corrected chi connectivity index (χ0v) is 12.3. The number of benzene rings is 1. The molecule has 2 aromatic rings. The number of aromatic nitrogens is 3. The summed E-state index contributed by atoms with van der Waals surface area (Å²) in [7, 11) is -2.57. The number of nitrogens with zero attached hydrogens (tertiary/aromatic N) is 4. The van der Waals surface area contributed by atoms with Crippen molar-refractivity contribution >= 4 is 27.3 Å². The summed E-state index contributed by atoms with van der Waals surface area (Å²) in [5, 5.41) is 16.8. The molecule has 0 saturated carbocycles. The lowest BCUT2D eigenvalue weighted by atomic mass is 10.3. The highest BCUT2D eigenvalue weighted by Crippen LogP contribution is 2.28. The Morgan fingerprint density at radius 3 is 2.76 bits per heavy atom. The largest absolute Gasteiger partial charge is 0.289 e. The van der Waals surface area contributed by atoms with Gasteiger partial charge in [-0.3, -0.25) is 15.2 Å². The summed E-state index contributed by atoms with van der Waals surface area (Å²) in [5.74, 6) is 0.351. The Morgan fingerprint density at radius 1 is 1.48 bits per heavy atom. The van der Waals surface area contributed by atoms with Crippen LogP contribution in [0.3, 0.4) is 0 Å². The highest BCUT2D eigenvalue weighted by molar-refractivity contribution is 7.89. The lowest BCUT2D eigenvalue weighted by Crippen LogP contribution is -2.27. The monoisotopic (exact) mass is 331 g/mol. The first kappa shape index (κ1) is 15.4. The van der Waals surface area contributed by atoms with Crippen LogP contribution in [0.15, 0.2) is 29.4 Å². The van der Waals surface area contributed by atoms with Gasteiger partial charge < -0.3 is 0 Å². The van der Waals surface area contributed by atoms with Crippen LogP contribution in [0.5, 0.6) is 0 Å². The summed E-state index contributed by atoms with van der Waals surface area (Å²) in [6.07, 6.45) is 1.25. The first-order valence-electron chi connectivity index (χ1n) is 5.57. The van der Waals surface area contributed by atoms with Gasteiger partial charge in [0.1, 0.15) is 17.2 Å². The quantitative estimate of drug-likeness (QED) is 0.648. The molecule has 0 aliphatic rings. The van der Waals surface area contributed by atoms with Crippen LogP contribution >= 0.6 is 11.6 Å². The van der Waals surface area contributed by atoms with Crippen LogP contribution in [0.4, 0.5) is 5.69 Å². The molecule has 0 aliphatic carbocycles. The van der Waals surface area contributed by atoms with Gasteiger partial charge in [0.2, 0.25) is 10.0 Å². The van der Waals surface area contributed by atoms with Gasteiger partial charge in [-0.1, -0.05) is 11.6 Å². The maximum absolute atomic E-state index is 12.3. The predicted molar refractivity (Wildman–Crippen MR) is 73.1 cm³/mol. The number of nitro groups is 1.